The Bertz CT molecular complexity index is 868. The predicted octanol–water partition coefficient (Wildman–Crippen LogP) is 0.257. The van der Waals surface area contributed by atoms with E-state index in [0.717, 1.165) is 0 Å². The van der Waals surface area contributed by atoms with Gasteiger partial charge in [0.25, 0.3) is 0 Å². The standard InChI is InChI=1S/C14H14FN5O4/c15-8-10(22)7(3-21)24-14(8)20-5-17-9-11(16)18-12(19-13(9)20)6-1-2-23-4-6/h1-2,4-5,7-8,10,14,21-22H,3H2,(H2,16,18,19)/t7-,8+,10-,14-/m1/s1. The quantitative estimate of drug-likeness (QED) is 0.621. The molecule has 4 heterocycles. The van der Waals surface area contributed by atoms with E-state index in [2.05, 4.69) is 15.0 Å². The third-order valence-corrected chi connectivity index (χ3v) is 3.98. The SMILES string of the molecule is Nc1nc(-c2ccoc2)nc2c1ncn2[C@@H]1O[C@H](CO)[C@@H](O)[C@@H]1F. The molecule has 0 aromatic carbocycles. The summed E-state index contributed by atoms with van der Waals surface area (Å²) in [5, 5.41) is 19.0. The fourth-order valence-electron chi connectivity index (χ4n) is 2.72. The van der Waals surface area contributed by atoms with Gasteiger partial charge >= 0.3 is 0 Å². The van der Waals surface area contributed by atoms with Crippen molar-refractivity contribution in [3.05, 3.63) is 24.9 Å². The van der Waals surface area contributed by atoms with Crippen LogP contribution in [-0.2, 0) is 4.74 Å². The van der Waals surface area contributed by atoms with Crippen LogP contribution in [0, 0.1) is 0 Å². The average Bonchev–Trinajstić information content (AvgIpc) is 3.28. The van der Waals surface area contributed by atoms with Crippen LogP contribution >= 0.6 is 0 Å². The molecular weight excluding hydrogens is 321 g/mol. The third-order valence-electron chi connectivity index (χ3n) is 3.98. The number of halogens is 1. The highest BCUT2D eigenvalue weighted by Gasteiger charge is 2.45. The highest BCUT2D eigenvalue weighted by atomic mass is 19.1. The van der Waals surface area contributed by atoms with Gasteiger partial charge in [0, 0.05) is 0 Å². The van der Waals surface area contributed by atoms with Gasteiger partial charge in [-0.05, 0) is 6.07 Å². The molecule has 3 aromatic heterocycles. The van der Waals surface area contributed by atoms with E-state index in [1.54, 1.807) is 6.07 Å². The Balaban J connectivity index is 1.82. The number of alkyl halides is 1. The van der Waals surface area contributed by atoms with E-state index in [1.165, 1.54) is 23.4 Å². The lowest BCUT2D eigenvalue weighted by Crippen LogP contribution is -2.30. The van der Waals surface area contributed by atoms with Crippen molar-refractivity contribution in [2.75, 3.05) is 12.3 Å². The molecule has 0 aliphatic carbocycles. The van der Waals surface area contributed by atoms with E-state index in [4.69, 9.17) is 20.0 Å². The van der Waals surface area contributed by atoms with Gasteiger partial charge in [0.15, 0.2) is 29.7 Å². The summed E-state index contributed by atoms with van der Waals surface area (Å²) in [4.78, 5) is 12.6. The minimum Gasteiger partial charge on any atom is -0.472 e. The second kappa shape index (κ2) is 5.51. The van der Waals surface area contributed by atoms with E-state index in [-0.39, 0.29) is 11.5 Å². The number of nitrogen functional groups attached to an aromatic ring is 1. The van der Waals surface area contributed by atoms with Crippen LogP contribution in [0.3, 0.4) is 0 Å². The van der Waals surface area contributed by atoms with Crippen molar-refractivity contribution in [2.24, 2.45) is 0 Å². The second-order valence-corrected chi connectivity index (χ2v) is 5.45. The van der Waals surface area contributed by atoms with Gasteiger partial charge in [0.05, 0.1) is 24.8 Å². The average molecular weight is 335 g/mol. The van der Waals surface area contributed by atoms with Crippen molar-refractivity contribution in [3.63, 3.8) is 0 Å². The number of aliphatic hydroxyl groups is 2. The lowest BCUT2D eigenvalue weighted by molar-refractivity contribution is -0.0459. The van der Waals surface area contributed by atoms with Crippen molar-refractivity contribution < 1.29 is 23.8 Å². The molecule has 4 atom stereocenters. The largest absolute Gasteiger partial charge is 0.472 e. The molecule has 9 nitrogen and oxygen atoms in total. The highest BCUT2D eigenvalue weighted by molar-refractivity contribution is 5.83. The molecule has 1 saturated heterocycles. The number of nitrogens with zero attached hydrogens (tertiary/aromatic N) is 4. The summed E-state index contributed by atoms with van der Waals surface area (Å²) in [5.41, 5.74) is 7.07. The van der Waals surface area contributed by atoms with Crippen molar-refractivity contribution in [1.29, 1.82) is 0 Å². The zero-order valence-corrected chi connectivity index (χ0v) is 12.3. The maximum atomic E-state index is 14.4. The van der Waals surface area contributed by atoms with Gasteiger partial charge in [-0.3, -0.25) is 4.57 Å². The minimum atomic E-state index is -1.74. The van der Waals surface area contributed by atoms with E-state index in [9.17, 15) is 9.50 Å². The molecule has 4 N–H and O–H groups in total. The number of rotatable bonds is 3. The first-order valence-electron chi connectivity index (χ1n) is 7.21. The zero-order chi connectivity index (χ0) is 16.8. The summed E-state index contributed by atoms with van der Waals surface area (Å²) >= 11 is 0. The molecular formula is C14H14FN5O4. The van der Waals surface area contributed by atoms with Gasteiger partial charge in [-0.2, -0.15) is 0 Å². The first-order chi connectivity index (χ1) is 11.6. The summed E-state index contributed by atoms with van der Waals surface area (Å²) in [7, 11) is 0. The number of fused-ring (bicyclic) bond motifs is 1. The van der Waals surface area contributed by atoms with Crippen LogP contribution in [0.4, 0.5) is 10.2 Å². The van der Waals surface area contributed by atoms with E-state index >= 15 is 0 Å². The van der Waals surface area contributed by atoms with Crippen molar-refractivity contribution in [1.82, 2.24) is 19.5 Å². The van der Waals surface area contributed by atoms with Crippen molar-refractivity contribution in [2.45, 2.75) is 24.6 Å². The maximum Gasteiger partial charge on any atom is 0.173 e. The summed E-state index contributed by atoms with van der Waals surface area (Å²) in [6, 6.07) is 1.66. The number of imidazole rings is 1. The monoisotopic (exact) mass is 335 g/mol. The van der Waals surface area contributed by atoms with Crippen molar-refractivity contribution >= 4 is 17.0 Å². The fourth-order valence-corrected chi connectivity index (χ4v) is 2.72. The third kappa shape index (κ3) is 2.15. The highest BCUT2D eigenvalue weighted by Crippen LogP contribution is 2.34. The Hall–Kier alpha value is -2.56. The molecule has 0 bridgehead atoms. The van der Waals surface area contributed by atoms with E-state index < -0.39 is 31.2 Å². The van der Waals surface area contributed by atoms with Crippen LogP contribution in [0.1, 0.15) is 6.23 Å². The number of furan rings is 1. The van der Waals surface area contributed by atoms with Crippen LogP contribution in [-0.4, -0.2) is 54.7 Å². The molecule has 3 aromatic rings. The molecule has 126 valence electrons. The molecule has 1 aliphatic heterocycles. The number of anilines is 1. The lowest BCUT2D eigenvalue weighted by atomic mass is 10.1. The number of hydrogen-bond acceptors (Lipinski definition) is 8. The second-order valence-electron chi connectivity index (χ2n) is 5.45. The predicted molar refractivity (Wildman–Crippen MR) is 79.3 cm³/mol. The Kier molecular flexibility index (Phi) is 3.44. The van der Waals surface area contributed by atoms with Gasteiger partial charge in [-0.1, -0.05) is 0 Å². The molecule has 0 spiro atoms. The Morgan fingerprint density at radius 1 is 1.38 bits per heavy atom. The molecule has 0 radical (unpaired) electrons. The topological polar surface area (TPSA) is 132 Å². The van der Waals surface area contributed by atoms with Gasteiger partial charge in [0.1, 0.15) is 24.0 Å². The van der Waals surface area contributed by atoms with Crippen LogP contribution < -0.4 is 5.73 Å². The lowest BCUT2D eigenvalue weighted by Gasteiger charge is -2.15. The Labute approximate surface area is 134 Å². The van der Waals surface area contributed by atoms with Crippen LogP contribution in [0.15, 0.2) is 29.3 Å². The Morgan fingerprint density at radius 3 is 2.88 bits per heavy atom. The molecule has 10 heteroatoms. The zero-order valence-electron chi connectivity index (χ0n) is 12.3. The van der Waals surface area contributed by atoms with Crippen LogP contribution in [0.25, 0.3) is 22.6 Å². The smallest absolute Gasteiger partial charge is 0.173 e. The van der Waals surface area contributed by atoms with Crippen LogP contribution in [0.2, 0.25) is 0 Å². The molecule has 0 unspecified atom stereocenters. The summed E-state index contributed by atoms with van der Waals surface area (Å²) < 4.78 is 26.1. The van der Waals surface area contributed by atoms with Crippen molar-refractivity contribution in [3.8, 4) is 11.4 Å². The van der Waals surface area contributed by atoms with Gasteiger partial charge in [-0.15, -0.1) is 0 Å². The number of nitrogens with two attached hydrogens (primary N) is 1. The minimum absolute atomic E-state index is 0.127. The number of aromatic nitrogens is 4. The summed E-state index contributed by atoms with van der Waals surface area (Å²) in [6.45, 7) is -0.498. The molecule has 1 aliphatic rings. The first kappa shape index (κ1) is 15.0. The summed E-state index contributed by atoms with van der Waals surface area (Å²) in [6.07, 6.45) is -1.13. The summed E-state index contributed by atoms with van der Waals surface area (Å²) in [5.74, 6) is 0.422. The Morgan fingerprint density at radius 2 is 2.21 bits per heavy atom. The molecule has 0 saturated carbocycles. The number of hydrogen-bond donors (Lipinski definition) is 3. The number of ether oxygens (including phenoxy) is 1. The van der Waals surface area contributed by atoms with Gasteiger partial charge in [0.2, 0.25) is 0 Å². The fraction of sp³-hybridized carbons (Fsp3) is 0.357. The first-order valence-corrected chi connectivity index (χ1v) is 7.21. The normalized spacial score (nSPS) is 27.1. The van der Waals surface area contributed by atoms with Gasteiger partial charge < -0.3 is 25.1 Å². The van der Waals surface area contributed by atoms with E-state index in [1.807, 2.05) is 0 Å². The molecule has 1 fully saturated rings. The molecule has 4 rings (SSSR count). The maximum absolute atomic E-state index is 14.4. The number of aliphatic hydroxyl groups excluding tert-OH is 2. The van der Waals surface area contributed by atoms with E-state index in [0.29, 0.717) is 16.9 Å². The molecule has 24 heavy (non-hydrogen) atoms. The molecule has 0 amide bonds. The van der Waals surface area contributed by atoms with Gasteiger partial charge in [-0.25, -0.2) is 19.3 Å². The van der Waals surface area contributed by atoms with Crippen LogP contribution in [0.5, 0.6) is 0 Å².